The van der Waals surface area contributed by atoms with Crippen LogP contribution in [0.2, 0.25) is 0 Å². The predicted octanol–water partition coefficient (Wildman–Crippen LogP) is 1.07. The topological polar surface area (TPSA) is 58.6 Å². The van der Waals surface area contributed by atoms with Crippen molar-refractivity contribution >= 4 is 13.6 Å². The van der Waals surface area contributed by atoms with E-state index in [1.807, 2.05) is 24.3 Å². The van der Waals surface area contributed by atoms with Crippen molar-refractivity contribution in [3.63, 3.8) is 0 Å². The molecule has 108 valence electrons. The van der Waals surface area contributed by atoms with Gasteiger partial charge in [0.25, 0.3) is 7.41 Å². The van der Waals surface area contributed by atoms with Crippen LogP contribution in [-0.4, -0.2) is 38.5 Å². The molecule has 0 radical (unpaired) electrons. The van der Waals surface area contributed by atoms with Gasteiger partial charge < -0.3 is 19.9 Å². The summed E-state index contributed by atoms with van der Waals surface area (Å²) >= 11 is 0. The van der Waals surface area contributed by atoms with E-state index in [0.717, 1.165) is 31.2 Å². The van der Waals surface area contributed by atoms with E-state index in [0.29, 0.717) is 7.41 Å². The Morgan fingerprint density at radius 1 is 1.45 bits per heavy atom. The Hall–Kier alpha value is -1.59. The zero-order chi connectivity index (χ0) is 14.6. The normalized spacial score (nSPS) is 12.3. The Balaban J connectivity index is 2.57. The van der Waals surface area contributed by atoms with Crippen molar-refractivity contribution in [1.82, 2.24) is 5.23 Å². The molecule has 0 fully saturated rings. The molecule has 2 N–H and O–H groups in total. The van der Waals surface area contributed by atoms with Gasteiger partial charge in [0, 0.05) is 6.04 Å². The molecule has 0 unspecified atom stereocenters. The number of aliphatic hydroxyl groups is 1. The SMILES string of the molecule is COc1cccc(C[C@H](CC/C=C/CO)NBC=O)c1. The fourth-order valence-corrected chi connectivity index (χ4v) is 2.06. The number of carbonyl (C=O) groups excluding carboxylic acids is 1. The molecule has 0 heterocycles. The first kappa shape index (κ1) is 16.5. The Kier molecular flexibility index (Phi) is 8.43. The molecule has 1 rings (SSSR count). The smallest absolute Gasteiger partial charge is 0.278 e. The lowest BCUT2D eigenvalue weighted by molar-refractivity contribution is 0.342. The highest BCUT2D eigenvalue weighted by Gasteiger charge is 2.09. The third kappa shape index (κ3) is 6.54. The molecular formula is C15H22BNO3. The largest absolute Gasteiger partial charge is 0.497 e. The second kappa shape index (κ2) is 10.2. The van der Waals surface area contributed by atoms with E-state index in [4.69, 9.17) is 9.84 Å². The Morgan fingerprint density at radius 2 is 2.30 bits per heavy atom. The van der Waals surface area contributed by atoms with E-state index < -0.39 is 0 Å². The van der Waals surface area contributed by atoms with E-state index in [-0.39, 0.29) is 12.6 Å². The number of allylic oxidation sites excluding steroid dienone is 1. The van der Waals surface area contributed by atoms with Crippen LogP contribution in [0.25, 0.3) is 0 Å². The molecule has 20 heavy (non-hydrogen) atoms. The zero-order valence-electron chi connectivity index (χ0n) is 11.9. The molecule has 1 aromatic carbocycles. The summed E-state index contributed by atoms with van der Waals surface area (Å²) in [7, 11) is 2.01. The molecule has 0 amide bonds. The molecule has 1 aromatic rings. The minimum absolute atomic E-state index is 0.0717. The van der Waals surface area contributed by atoms with Gasteiger partial charge in [-0.25, -0.2) is 0 Å². The number of aliphatic hydroxyl groups excluding tert-OH is 1. The van der Waals surface area contributed by atoms with E-state index in [1.54, 1.807) is 13.2 Å². The molecule has 0 aromatic heterocycles. The molecule has 1 atom stereocenters. The number of hydrogen-bond donors (Lipinski definition) is 2. The summed E-state index contributed by atoms with van der Waals surface area (Å²) in [4.78, 5) is 10.5. The molecule has 0 spiro atoms. The minimum Gasteiger partial charge on any atom is -0.497 e. The number of nitrogens with one attached hydrogen (secondary N) is 1. The monoisotopic (exact) mass is 275 g/mol. The first-order chi connectivity index (χ1) is 9.80. The lowest BCUT2D eigenvalue weighted by Crippen LogP contribution is -2.34. The van der Waals surface area contributed by atoms with Crippen LogP contribution in [0, 0.1) is 0 Å². The summed E-state index contributed by atoms with van der Waals surface area (Å²) < 4.78 is 5.22. The summed E-state index contributed by atoms with van der Waals surface area (Å²) in [5, 5.41) is 11.9. The lowest BCUT2D eigenvalue weighted by atomic mass is 9.92. The Morgan fingerprint density at radius 3 is 3.00 bits per heavy atom. The van der Waals surface area contributed by atoms with Crippen LogP contribution in [0.5, 0.6) is 5.75 Å². The number of carbonyl (C=O) groups is 1. The number of methoxy groups -OCH3 is 1. The number of ether oxygens (including phenoxy) is 1. The van der Waals surface area contributed by atoms with E-state index in [2.05, 4.69) is 11.3 Å². The fourth-order valence-electron chi connectivity index (χ4n) is 2.06. The second-order valence-electron chi connectivity index (χ2n) is 4.56. The highest BCUT2D eigenvalue weighted by Crippen LogP contribution is 2.15. The molecule has 0 bridgehead atoms. The highest BCUT2D eigenvalue weighted by molar-refractivity contribution is 6.64. The van der Waals surface area contributed by atoms with Gasteiger partial charge in [0.2, 0.25) is 0 Å². The van der Waals surface area contributed by atoms with Crippen LogP contribution < -0.4 is 9.96 Å². The van der Waals surface area contributed by atoms with Crippen LogP contribution in [0.1, 0.15) is 18.4 Å². The first-order valence-electron chi connectivity index (χ1n) is 6.86. The molecule has 0 saturated heterocycles. The van der Waals surface area contributed by atoms with Crippen LogP contribution in [0.3, 0.4) is 0 Å². The third-order valence-electron chi connectivity index (χ3n) is 3.06. The summed E-state index contributed by atoms with van der Waals surface area (Å²) in [6.07, 6.45) is 7.21. The van der Waals surface area contributed by atoms with Gasteiger partial charge in [-0.3, -0.25) is 0 Å². The number of hydrogen-bond acceptors (Lipinski definition) is 4. The van der Waals surface area contributed by atoms with Gasteiger partial charge >= 0.3 is 0 Å². The van der Waals surface area contributed by atoms with Crippen LogP contribution in [-0.2, 0) is 11.2 Å². The lowest BCUT2D eigenvalue weighted by Gasteiger charge is -2.17. The van der Waals surface area contributed by atoms with Crippen molar-refractivity contribution in [3.8, 4) is 5.75 Å². The number of rotatable bonds is 10. The van der Waals surface area contributed by atoms with Crippen LogP contribution in [0.15, 0.2) is 36.4 Å². The summed E-state index contributed by atoms with van der Waals surface area (Å²) in [5.41, 5.74) is 1.18. The fraction of sp³-hybridized carbons (Fsp3) is 0.400. The van der Waals surface area contributed by atoms with Gasteiger partial charge in [0.15, 0.2) is 0 Å². The molecular weight excluding hydrogens is 253 g/mol. The van der Waals surface area contributed by atoms with E-state index >= 15 is 0 Å². The van der Waals surface area contributed by atoms with Gasteiger partial charge in [0.1, 0.15) is 5.75 Å². The average molecular weight is 275 g/mol. The zero-order valence-corrected chi connectivity index (χ0v) is 11.9. The Labute approximate surface area is 121 Å². The van der Waals surface area contributed by atoms with Crippen molar-refractivity contribution in [2.45, 2.75) is 25.3 Å². The maximum absolute atomic E-state index is 10.5. The summed E-state index contributed by atoms with van der Waals surface area (Å²) in [6.45, 7) is 0.0717. The van der Waals surface area contributed by atoms with Crippen molar-refractivity contribution < 1.29 is 14.6 Å². The minimum atomic E-state index is 0.0717. The Bertz CT molecular complexity index is 423. The van der Waals surface area contributed by atoms with Gasteiger partial charge in [0.05, 0.1) is 19.9 Å². The van der Waals surface area contributed by atoms with Crippen molar-refractivity contribution in [2.24, 2.45) is 0 Å². The van der Waals surface area contributed by atoms with Crippen molar-refractivity contribution in [1.29, 1.82) is 0 Å². The second-order valence-corrected chi connectivity index (χ2v) is 4.56. The summed E-state index contributed by atoms with van der Waals surface area (Å²) in [6, 6.07) is 8.19. The molecule has 4 nitrogen and oxygen atoms in total. The molecule has 0 saturated carbocycles. The molecule has 0 aliphatic heterocycles. The first-order valence-corrected chi connectivity index (χ1v) is 6.86. The van der Waals surface area contributed by atoms with Crippen LogP contribution >= 0.6 is 0 Å². The van der Waals surface area contributed by atoms with Crippen LogP contribution in [0.4, 0.5) is 0 Å². The third-order valence-corrected chi connectivity index (χ3v) is 3.06. The number of benzene rings is 1. The highest BCUT2D eigenvalue weighted by atomic mass is 16.5. The molecule has 0 aliphatic carbocycles. The quantitative estimate of drug-likeness (QED) is 0.381. The maximum atomic E-state index is 10.5. The van der Waals surface area contributed by atoms with E-state index in [1.165, 1.54) is 5.56 Å². The van der Waals surface area contributed by atoms with Gasteiger partial charge in [-0.1, -0.05) is 24.3 Å². The van der Waals surface area contributed by atoms with Crippen molar-refractivity contribution in [2.75, 3.05) is 13.7 Å². The average Bonchev–Trinajstić information content (AvgIpc) is 2.49. The summed E-state index contributed by atoms with van der Waals surface area (Å²) in [5.74, 6) is 0.844. The molecule has 5 heteroatoms. The van der Waals surface area contributed by atoms with Gasteiger partial charge in [-0.05, 0) is 37.0 Å². The predicted molar refractivity (Wildman–Crippen MR) is 83.0 cm³/mol. The van der Waals surface area contributed by atoms with Crippen molar-refractivity contribution in [3.05, 3.63) is 42.0 Å². The molecule has 0 aliphatic rings. The van der Waals surface area contributed by atoms with E-state index in [9.17, 15) is 4.79 Å². The van der Waals surface area contributed by atoms with Gasteiger partial charge in [-0.2, -0.15) is 0 Å². The standard InChI is InChI=1S/C15H22BNO3/c1-20-15-8-5-6-13(11-15)10-14(17-16-12-19)7-3-2-4-9-18/h2,4-6,8,11-12,14,16-18H,3,7,9-10H2,1H3/b4-2+/t14-/m0/s1. The maximum Gasteiger partial charge on any atom is 0.278 e. The van der Waals surface area contributed by atoms with Gasteiger partial charge in [-0.15, -0.1) is 0 Å².